The van der Waals surface area contributed by atoms with E-state index in [1.54, 1.807) is 0 Å². The molecule has 0 aliphatic heterocycles. The molecule has 78 valence electrons. The predicted molar refractivity (Wildman–Crippen MR) is 65.7 cm³/mol. The summed E-state index contributed by atoms with van der Waals surface area (Å²) in [5.41, 5.74) is 7.67. The Morgan fingerprint density at radius 3 is 2.87 bits per heavy atom. The number of para-hydroxylation sites is 1. The SMILES string of the molecule is C=C(C)C(N)c1cc2cccc(Br)c2o1. The molecule has 1 heterocycles. The Balaban J connectivity index is 2.56. The van der Waals surface area contributed by atoms with E-state index in [9.17, 15) is 0 Å². The van der Waals surface area contributed by atoms with Crippen LogP contribution in [0.15, 0.2) is 45.3 Å². The Kier molecular flexibility index (Phi) is 2.67. The largest absolute Gasteiger partial charge is 0.458 e. The molecule has 2 N–H and O–H groups in total. The summed E-state index contributed by atoms with van der Waals surface area (Å²) in [6.45, 7) is 5.72. The van der Waals surface area contributed by atoms with Crippen LogP contribution in [0.5, 0.6) is 0 Å². The van der Waals surface area contributed by atoms with Crippen LogP contribution in [-0.4, -0.2) is 0 Å². The molecule has 0 spiro atoms. The van der Waals surface area contributed by atoms with E-state index in [0.29, 0.717) is 0 Å². The number of fused-ring (bicyclic) bond motifs is 1. The lowest BCUT2D eigenvalue weighted by atomic mass is 10.1. The van der Waals surface area contributed by atoms with Gasteiger partial charge in [0.05, 0.1) is 10.5 Å². The summed E-state index contributed by atoms with van der Waals surface area (Å²) in [5, 5.41) is 1.05. The van der Waals surface area contributed by atoms with Gasteiger partial charge in [-0.25, -0.2) is 0 Å². The third-order valence-corrected chi connectivity index (χ3v) is 2.98. The molecule has 3 heteroatoms. The van der Waals surface area contributed by atoms with Crippen molar-refractivity contribution in [3.8, 4) is 0 Å². The quantitative estimate of drug-likeness (QED) is 0.840. The Hall–Kier alpha value is -1.06. The van der Waals surface area contributed by atoms with Crippen LogP contribution in [0.3, 0.4) is 0 Å². The zero-order valence-electron chi connectivity index (χ0n) is 8.46. The topological polar surface area (TPSA) is 39.2 Å². The highest BCUT2D eigenvalue weighted by molar-refractivity contribution is 9.10. The van der Waals surface area contributed by atoms with Gasteiger partial charge in [-0.3, -0.25) is 0 Å². The maximum Gasteiger partial charge on any atom is 0.148 e. The maximum atomic E-state index is 5.94. The fraction of sp³-hybridized carbons (Fsp3) is 0.167. The van der Waals surface area contributed by atoms with Gasteiger partial charge in [-0.1, -0.05) is 24.3 Å². The van der Waals surface area contributed by atoms with Crippen molar-refractivity contribution in [3.63, 3.8) is 0 Å². The van der Waals surface area contributed by atoms with E-state index in [0.717, 1.165) is 26.8 Å². The van der Waals surface area contributed by atoms with Crippen molar-refractivity contribution in [1.82, 2.24) is 0 Å². The van der Waals surface area contributed by atoms with Crippen molar-refractivity contribution in [2.75, 3.05) is 0 Å². The number of rotatable bonds is 2. The molecular formula is C12H12BrNO. The van der Waals surface area contributed by atoms with Gasteiger partial charge in [0.15, 0.2) is 0 Å². The summed E-state index contributed by atoms with van der Waals surface area (Å²) in [5.74, 6) is 0.754. The normalized spacial score (nSPS) is 13.0. The first-order valence-electron chi connectivity index (χ1n) is 4.68. The number of halogens is 1. The first-order valence-corrected chi connectivity index (χ1v) is 5.48. The molecule has 1 atom stereocenters. The van der Waals surface area contributed by atoms with E-state index < -0.39 is 0 Å². The van der Waals surface area contributed by atoms with Crippen LogP contribution in [0.2, 0.25) is 0 Å². The summed E-state index contributed by atoms with van der Waals surface area (Å²) in [7, 11) is 0. The molecule has 0 aliphatic carbocycles. The zero-order valence-corrected chi connectivity index (χ0v) is 10.0. The van der Waals surface area contributed by atoms with E-state index in [-0.39, 0.29) is 6.04 Å². The minimum Gasteiger partial charge on any atom is -0.458 e. The van der Waals surface area contributed by atoms with Crippen LogP contribution in [0.25, 0.3) is 11.0 Å². The number of benzene rings is 1. The van der Waals surface area contributed by atoms with Crippen LogP contribution in [0.4, 0.5) is 0 Å². The molecule has 2 nitrogen and oxygen atoms in total. The van der Waals surface area contributed by atoms with Gasteiger partial charge in [-0.15, -0.1) is 0 Å². The van der Waals surface area contributed by atoms with Crippen molar-refractivity contribution < 1.29 is 4.42 Å². The minimum absolute atomic E-state index is 0.232. The van der Waals surface area contributed by atoms with Gasteiger partial charge >= 0.3 is 0 Å². The summed E-state index contributed by atoms with van der Waals surface area (Å²) in [4.78, 5) is 0. The fourth-order valence-corrected chi connectivity index (χ4v) is 1.91. The molecule has 0 saturated heterocycles. The molecule has 2 rings (SSSR count). The molecule has 0 bridgehead atoms. The number of furan rings is 1. The molecule has 1 unspecified atom stereocenters. The van der Waals surface area contributed by atoms with Crippen molar-refractivity contribution in [2.24, 2.45) is 5.73 Å². The maximum absolute atomic E-state index is 5.94. The zero-order chi connectivity index (χ0) is 11.0. The average Bonchev–Trinajstić information content (AvgIpc) is 2.61. The van der Waals surface area contributed by atoms with Crippen molar-refractivity contribution in [2.45, 2.75) is 13.0 Å². The smallest absolute Gasteiger partial charge is 0.148 e. The van der Waals surface area contributed by atoms with Gasteiger partial charge in [-0.05, 0) is 35.0 Å². The average molecular weight is 266 g/mol. The van der Waals surface area contributed by atoms with Gasteiger partial charge in [0.1, 0.15) is 11.3 Å². The first-order chi connectivity index (χ1) is 7.09. The van der Waals surface area contributed by atoms with Crippen LogP contribution < -0.4 is 5.73 Å². The van der Waals surface area contributed by atoms with E-state index in [4.69, 9.17) is 10.2 Å². The van der Waals surface area contributed by atoms with Crippen molar-refractivity contribution >= 4 is 26.9 Å². The van der Waals surface area contributed by atoms with Gasteiger partial charge in [-0.2, -0.15) is 0 Å². The number of hydrogen-bond donors (Lipinski definition) is 1. The third kappa shape index (κ3) is 1.85. The molecule has 0 aliphatic rings. The Morgan fingerprint density at radius 1 is 1.53 bits per heavy atom. The summed E-state index contributed by atoms with van der Waals surface area (Å²) < 4.78 is 6.63. The van der Waals surface area contributed by atoms with Gasteiger partial charge in [0.25, 0.3) is 0 Å². The Bertz CT molecular complexity index is 515. The van der Waals surface area contributed by atoms with E-state index in [1.165, 1.54) is 0 Å². The van der Waals surface area contributed by atoms with Crippen molar-refractivity contribution in [1.29, 1.82) is 0 Å². The second-order valence-electron chi connectivity index (χ2n) is 3.63. The molecule has 15 heavy (non-hydrogen) atoms. The standard InChI is InChI=1S/C12H12BrNO/c1-7(2)11(14)10-6-8-4-3-5-9(13)12(8)15-10/h3-6,11H,1,14H2,2H3. The second kappa shape index (κ2) is 3.83. The van der Waals surface area contributed by atoms with Crippen molar-refractivity contribution in [3.05, 3.63) is 46.7 Å². The summed E-state index contributed by atoms with van der Waals surface area (Å²) >= 11 is 3.44. The lowest BCUT2D eigenvalue weighted by molar-refractivity contribution is 0.521. The van der Waals surface area contributed by atoms with Crippen LogP contribution in [-0.2, 0) is 0 Å². The number of nitrogens with two attached hydrogens (primary N) is 1. The highest BCUT2D eigenvalue weighted by Crippen LogP contribution is 2.30. The molecule has 0 saturated carbocycles. The lowest BCUT2D eigenvalue weighted by Crippen LogP contribution is -2.09. The molecule has 1 aromatic carbocycles. The lowest BCUT2D eigenvalue weighted by Gasteiger charge is -2.06. The summed E-state index contributed by atoms with van der Waals surface area (Å²) in [6, 6.07) is 7.64. The van der Waals surface area contributed by atoms with E-state index >= 15 is 0 Å². The Morgan fingerprint density at radius 2 is 2.27 bits per heavy atom. The highest BCUT2D eigenvalue weighted by atomic mass is 79.9. The third-order valence-electron chi connectivity index (χ3n) is 2.35. The molecule has 0 radical (unpaired) electrons. The fourth-order valence-electron chi connectivity index (χ4n) is 1.44. The second-order valence-corrected chi connectivity index (χ2v) is 4.49. The molecule has 0 amide bonds. The van der Waals surface area contributed by atoms with Gasteiger partial charge in [0, 0.05) is 5.39 Å². The Labute approximate surface area is 96.9 Å². The highest BCUT2D eigenvalue weighted by Gasteiger charge is 2.13. The molecule has 2 aromatic rings. The van der Waals surface area contributed by atoms with Crippen LogP contribution in [0, 0.1) is 0 Å². The van der Waals surface area contributed by atoms with Gasteiger partial charge in [0.2, 0.25) is 0 Å². The van der Waals surface area contributed by atoms with Crippen LogP contribution >= 0.6 is 15.9 Å². The number of hydrogen-bond acceptors (Lipinski definition) is 2. The molecule has 0 fully saturated rings. The van der Waals surface area contributed by atoms with E-state index in [1.807, 2.05) is 31.2 Å². The van der Waals surface area contributed by atoms with Gasteiger partial charge < -0.3 is 10.2 Å². The minimum atomic E-state index is -0.232. The monoisotopic (exact) mass is 265 g/mol. The summed E-state index contributed by atoms with van der Waals surface area (Å²) in [6.07, 6.45) is 0. The van der Waals surface area contributed by atoms with E-state index in [2.05, 4.69) is 22.5 Å². The van der Waals surface area contributed by atoms with Crippen LogP contribution in [0.1, 0.15) is 18.7 Å². The molecular weight excluding hydrogens is 254 g/mol. The predicted octanol–water partition coefficient (Wildman–Crippen LogP) is 3.77. The molecule has 1 aromatic heterocycles. The first kappa shape index (κ1) is 10.5.